The number of hydrogen-bond donors (Lipinski definition) is 0. The van der Waals surface area contributed by atoms with Gasteiger partial charge in [-0.2, -0.15) is 20.4 Å². The van der Waals surface area contributed by atoms with Crippen LogP contribution in [0.5, 0.6) is 0 Å². The van der Waals surface area contributed by atoms with E-state index in [0.717, 1.165) is 90.0 Å². The Morgan fingerprint density at radius 3 is 0.600 bits per heavy atom. The van der Waals surface area contributed by atoms with Crippen molar-refractivity contribution in [2.45, 2.75) is 0 Å². The molecule has 10 aromatic rings. The predicted octanol–water partition coefficient (Wildman–Crippen LogP) is 13.6. The summed E-state index contributed by atoms with van der Waals surface area (Å²) in [7, 11) is -3.77. The van der Waals surface area contributed by atoms with E-state index in [1.165, 1.54) is 0 Å². The van der Waals surface area contributed by atoms with Crippen molar-refractivity contribution >= 4 is 54.2 Å². The minimum absolute atomic E-state index is 0.941. The SMILES string of the molecule is c1ccc(-c2ccc(N3c4cnncc4N(c4ccc(-c5ccccc5)cc4)[Si]34N(c3ccc(-c5ccccc5)cc3)c3cnncc3N4c3ccc(-c4ccccc4)cc3)cc2)cc1. The maximum Gasteiger partial charge on any atom is 0.522 e. The Morgan fingerprint density at radius 1 is 0.215 bits per heavy atom. The Hall–Kier alpha value is -8.66. The lowest BCUT2D eigenvalue weighted by Gasteiger charge is -2.49. The molecule has 65 heavy (non-hydrogen) atoms. The van der Waals surface area contributed by atoms with Gasteiger partial charge in [0.05, 0.1) is 47.5 Å². The van der Waals surface area contributed by atoms with Gasteiger partial charge in [0.2, 0.25) is 0 Å². The molecule has 0 amide bonds. The number of anilines is 8. The fourth-order valence-electron chi connectivity index (χ4n) is 9.54. The molecule has 0 saturated carbocycles. The molecule has 4 heterocycles. The summed E-state index contributed by atoms with van der Waals surface area (Å²) in [6.45, 7) is 0. The van der Waals surface area contributed by atoms with Crippen LogP contribution in [0.2, 0.25) is 0 Å². The molecule has 0 saturated heterocycles. The Bertz CT molecular complexity index is 2800. The summed E-state index contributed by atoms with van der Waals surface area (Å²) in [5.41, 5.74) is 17.0. The lowest BCUT2D eigenvalue weighted by Crippen LogP contribution is -2.76. The first kappa shape index (κ1) is 38.0. The molecule has 2 aliphatic rings. The van der Waals surface area contributed by atoms with E-state index in [1.807, 2.05) is 24.8 Å². The number of hydrogen-bond acceptors (Lipinski definition) is 8. The number of aromatic nitrogens is 4. The largest absolute Gasteiger partial charge is 0.522 e. The van der Waals surface area contributed by atoms with Crippen LogP contribution in [0, 0.1) is 0 Å². The van der Waals surface area contributed by atoms with Crippen LogP contribution in [0.4, 0.5) is 45.5 Å². The van der Waals surface area contributed by atoms with Gasteiger partial charge in [0, 0.05) is 22.7 Å². The van der Waals surface area contributed by atoms with Crippen LogP contribution in [0.15, 0.2) is 243 Å². The highest BCUT2D eigenvalue weighted by Gasteiger charge is 2.70. The van der Waals surface area contributed by atoms with Crippen molar-refractivity contribution in [1.29, 1.82) is 0 Å². The van der Waals surface area contributed by atoms with Crippen molar-refractivity contribution in [1.82, 2.24) is 20.4 Å². The Kier molecular flexibility index (Phi) is 9.31. The Morgan fingerprint density at radius 2 is 0.400 bits per heavy atom. The monoisotopic (exact) mass is 852 g/mol. The molecule has 0 unspecified atom stereocenters. The third kappa shape index (κ3) is 6.36. The second kappa shape index (κ2) is 15.9. The van der Waals surface area contributed by atoms with E-state index in [4.69, 9.17) is 0 Å². The van der Waals surface area contributed by atoms with Crippen molar-refractivity contribution in [2.75, 3.05) is 18.3 Å². The van der Waals surface area contributed by atoms with E-state index < -0.39 is 8.72 Å². The average molecular weight is 853 g/mol. The fraction of sp³-hybridized carbons (Fsp3) is 0. The first-order valence-corrected chi connectivity index (χ1v) is 23.5. The fourth-order valence-corrected chi connectivity index (χ4v) is 14.7. The molecule has 2 aliphatic heterocycles. The summed E-state index contributed by atoms with van der Waals surface area (Å²) in [5, 5.41) is 18.4. The zero-order valence-corrected chi connectivity index (χ0v) is 36.2. The van der Waals surface area contributed by atoms with E-state index >= 15 is 0 Å². The zero-order valence-electron chi connectivity index (χ0n) is 35.2. The molecule has 0 fully saturated rings. The topological polar surface area (TPSA) is 64.5 Å². The molecular weight excluding hydrogens is 813 g/mol. The Balaban J connectivity index is 1.14. The van der Waals surface area contributed by atoms with Crippen LogP contribution in [-0.4, -0.2) is 29.1 Å². The quantitative estimate of drug-likeness (QED) is 0.140. The Labute approximate surface area is 378 Å². The first-order chi connectivity index (χ1) is 32.3. The van der Waals surface area contributed by atoms with Crippen molar-refractivity contribution in [3.63, 3.8) is 0 Å². The van der Waals surface area contributed by atoms with E-state index in [-0.39, 0.29) is 0 Å². The minimum atomic E-state index is -3.77. The molecule has 9 heteroatoms. The third-order valence-corrected chi connectivity index (χ3v) is 16.9. The molecule has 0 bridgehead atoms. The standard InChI is InChI=1S/C56H40N8Si/c1-5-13-41(14-6-1)45-21-29-49(30-22-45)61-53-37-57-58-38-54(53)62(50-31-23-46(24-32-50)42-15-7-2-8-16-42)65(61)63(51-33-25-47(26-34-51)43-17-9-3-10-18-43)55-39-59-60-40-56(55)64(65)52-35-27-48(28-36-52)44-19-11-4-12-20-44/h1-40H. The van der Waals surface area contributed by atoms with Crippen molar-refractivity contribution in [2.24, 2.45) is 0 Å². The summed E-state index contributed by atoms with van der Waals surface area (Å²) in [6.07, 6.45) is 7.67. The van der Waals surface area contributed by atoms with Crippen molar-refractivity contribution in [3.8, 4) is 44.5 Å². The van der Waals surface area contributed by atoms with Crippen molar-refractivity contribution in [3.05, 3.63) is 243 Å². The zero-order chi connectivity index (χ0) is 43.2. The number of fused-ring (bicyclic) bond motifs is 2. The number of rotatable bonds is 8. The smallest absolute Gasteiger partial charge is 0.312 e. The normalized spacial score (nSPS) is 13.5. The van der Waals surface area contributed by atoms with Crippen LogP contribution in [0.3, 0.4) is 0 Å². The molecule has 8 aromatic carbocycles. The van der Waals surface area contributed by atoms with Crippen LogP contribution in [0.25, 0.3) is 44.5 Å². The van der Waals surface area contributed by atoms with Crippen LogP contribution in [-0.2, 0) is 0 Å². The van der Waals surface area contributed by atoms with Crippen LogP contribution < -0.4 is 18.3 Å². The van der Waals surface area contributed by atoms with Gasteiger partial charge in [0.1, 0.15) is 0 Å². The molecule has 0 atom stereocenters. The van der Waals surface area contributed by atoms with E-state index in [2.05, 4.69) is 257 Å². The van der Waals surface area contributed by atoms with Gasteiger partial charge in [0.15, 0.2) is 0 Å². The van der Waals surface area contributed by atoms with Gasteiger partial charge in [-0.1, -0.05) is 170 Å². The first-order valence-electron chi connectivity index (χ1n) is 21.7. The van der Waals surface area contributed by atoms with Gasteiger partial charge in [-0.15, -0.1) is 0 Å². The summed E-state index contributed by atoms with van der Waals surface area (Å²) in [6, 6.07) is 77.9. The van der Waals surface area contributed by atoms with E-state index in [1.54, 1.807) is 0 Å². The van der Waals surface area contributed by atoms with Gasteiger partial charge in [-0.05, 0) is 93.0 Å². The van der Waals surface area contributed by atoms with Gasteiger partial charge >= 0.3 is 8.72 Å². The maximum atomic E-state index is 4.61. The summed E-state index contributed by atoms with van der Waals surface area (Å²) in [4.78, 5) is 0. The predicted molar refractivity (Wildman–Crippen MR) is 266 cm³/mol. The summed E-state index contributed by atoms with van der Waals surface area (Å²) >= 11 is 0. The van der Waals surface area contributed by atoms with E-state index in [0.29, 0.717) is 0 Å². The lowest BCUT2D eigenvalue weighted by atomic mass is 10.1. The van der Waals surface area contributed by atoms with Gasteiger partial charge in [0.25, 0.3) is 0 Å². The van der Waals surface area contributed by atoms with E-state index in [9.17, 15) is 0 Å². The van der Waals surface area contributed by atoms with Gasteiger partial charge in [-0.25, -0.2) is 0 Å². The van der Waals surface area contributed by atoms with Crippen molar-refractivity contribution < 1.29 is 0 Å². The minimum Gasteiger partial charge on any atom is -0.312 e. The highest BCUT2D eigenvalue weighted by Crippen LogP contribution is 2.61. The number of benzene rings is 8. The summed E-state index contributed by atoms with van der Waals surface area (Å²) < 4.78 is 10.1. The van der Waals surface area contributed by atoms with Gasteiger partial charge in [-0.3, -0.25) is 0 Å². The highest BCUT2D eigenvalue weighted by molar-refractivity contribution is 6.99. The second-order valence-electron chi connectivity index (χ2n) is 16.1. The molecular formula is C56H40N8Si. The molecule has 8 nitrogen and oxygen atoms in total. The molecule has 0 radical (unpaired) electrons. The second-order valence-corrected chi connectivity index (χ2v) is 19.1. The van der Waals surface area contributed by atoms with Crippen LogP contribution >= 0.6 is 0 Å². The van der Waals surface area contributed by atoms with Crippen LogP contribution in [0.1, 0.15) is 0 Å². The average Bonchev–Trinajstić information content (AvgIpc) is 3.86. The number of nitrogens with zero attached hydrogens (tertiary/aromatic N) is 8. The van der Waals surface area contributed by atoms with Gasteiger partial charge < -0.3 is 18.3 Å². The summed E-state index contributed by atoms with van der Waals surface area (Å²) in [5.74, 6) is 0. The molecule has 2 aromatic heterocycles. The lowest BCUT2D eigenvalue weighted by molar-refractivity contribution is 1.03. The molecule has 0 aliphatic carbocycles. The maximum absolute atomic E-state index is 4.61. The molecule has 1 spiro atoms. The highest BCUT2D eigenvalue weighted by atomic mass is 28.4. The third-order valence-electron chi connectivity index (χ3n) is 12.5. The molecule has 0 N–H and O–H groups in total. The molecule has 308 valence electrons. The molecule has 12 rings (SSSR count).